The number of hydrogen-bond donors (Lipinski definition) is 2. The highest BCUT2D eigenvalue weighted by Gasteiger charge is 2.02. The summed E-state index contributed by atoms with van der Waals surface area (Å²) in [5, 5.41) is 18.4. The molecule has 2 N–H and O–H groups in total. The Bertz CT molecular complexity index is 295. The van der Waals surface area contributed by atoms with Crippen LogP contribution in [-0.2, 0) is 6.58 Å². The highest BCUT2D eigenvalue weighted by Crippen LogP contribution is 2.23. The number of aryl methyl sites for hydroxylation is 2. The molecule has 1 rings (SSSR count). The van der Waals surface area contributed by atoms with Gasteiger partial charge in [-0.1, -0.05) is 17.7 Å². The number of aliphatic hydroxyl groups is 1. The molecule has 2 nitrogen and oxygen atoms in total. The molecule has 0 saturated heterocycles. The molecule has 0 amide bonds. The summed E-state index contributed by atoms with van der Waals surface area (Å²) in [7, 11) is 0. The Morgan fingerprint density at radius 1 is 1.45 bits per heavy atom. The second-order valence-electron chi connectivity index (χ2n) is 2.65. The third-order valence-electron chi connectivity index (χ3n) is 1.61. The third kappa shape index (κ3) is 1.52. The lowest BCUT2D eigenvalue weighted by Crippen LogP contribution is -1.88. The number of hydrogen-bond acceptors (Lipinski definition) is 2. The molecule has 1 unspecified atom stereocenters. The molecule has 0 aliphatic heterocycles. The Labute approximate surface area is 67.5 Å². The molecule has 1 atom stereocenters. The average molecular weight is 153 g/mol. The van der Waals surface area contributed by atoms with Gasteiger partial charge < -0.3 is 10.2 Å². The van der Waals surface area contributed by atoms with Gasteiger partial charge >= 0.3 is 0 Å². The fourth-order valence-electron chi connectivity index (χ4n) is 1.09. The van der Waals surface area contributed by atoms with Crippen LogP contribution in [-0.4, -0.2) is 10.2 Å². The van der Waals surface area contributed by atoms with Crippen LogP contribution in [0, 0.1) is 13.8 Å². The van der Waals surface area contributed by atoms with Crippen LogP contribution >= 0.6 is 0 Å². The lowest BCUT2D eigenvalue weighted by atomic mass is 10.1. The summed E-state index contributed by atoms with van der Waals surface area (Å²) in [6, 6.07) is 3.42. The number of rotatable bonds is 1. The summed E-state index contributed by atoms with van der Waals surface area (Å²) in [6.45, 7) is 2.25. The molecule has 0 spiro atoms. The van der Waals surface area contributed by atoms with Crippen molar-refractivity contribution in [3.8, 4) is 5.75 Å². The molecular weight excluding hydrogens is 140 g/mol. The maximum absolute atomic E-state index is 9.41. The predicted octanol–water partition coefficient (Wildman–Crippen LogP) is 1.50. The molecule has 0 aromatic heterocycles. The van der Waals surface area contributed by atoms with E-state index in [1.807, 2.05) is 6.92 Å². The quantitative estimate of drug-likeness (QED) is 0.642. The van der Waals surface area contributed by atoms with Crippen molar-refractivity contribution in [1.29, 1.82) is 0 Å². The van der Waals surface area contributed by atoms with E-state index in [0.717, 1.165) is 5.56 Å². The molecule has 60 valence electrons. The number of aromatic hydroxyl groups is 1. The first-order valence-electron chi connectivity index (χ1n) is 4.00. The first-order valence-corrected chi connectivity index (χ1v) is 3.43. The van der Waals surface area contributed by atoms with Crippen LogP contribution in [0.2, 0.25) is 0 Å². The molecule has 0 bridgehead atoms. The number of aliphatic hydroxyl groups excluding tert-OH is 1. The van der Waals surface area contributed by atoms with Crippen molar-refractivity contribution in [1.82, 2.24) is 0 Å². The van der Waals surface area contributed by atoms with Crippen molar-refractivity contribution in [2.45, 2.75) is 20.4 Å². The molecule has 0 heterocycles. The van der Waals surface area contributed by atoms with E-state index >= 15 is 0 Å². The van der Waals surface area contributed by atoms with Crippen molar-refractivity contribution in [2.24, 2.45) is 0 Å². The predicted molar refractivity (Wildman–Crippen MR) is 43.5 cm³/mol. The molecule has 1 aromatic rings. The first kappa shape index (κ1) is 6.68. The van der Waals surface area contributed by atoms with E-state index in [4.69, 9.17) is 6.48 Å². The van der Waals surface area contributed by atoms with Gasteiger partial charge in [-0.15, -0.1) is 0 Å². The van der Waals surface area contributed by atoms with Gasteiger partial charge in [-0.25, -0.2) is 0 Å². The van der Waals surface area contributed by atoms with E-state index in [2.05, 4.69) is 0 Å². The minimum atomic E-state index is -1.36. The van der Waals surface area contributed by atoms with Gasteiger partial charge in [0.1, 0.15) is 5.75 Å². The highest BCUT2D eigenvalue weighted by molar-refractivity contribution is 5.42. The van der Waals surface area contributed by atoms with Crippen molar-refractivity contribution in [2.75, 3.05) is 0 Å². The molecule has 11 heavy (non-hydrogen) atoms. The molecule has 0 aliphatic carbocycles. The third-order valence-corrected chi connectivity index (χ3v) is 1.61. The Kier molecular flexibility index (Phi) is 1.78. The average Bonchev–Trinajstić information content (AvgIpc) is 1.96. The van der Waals surface area contributed by atoms with Crippen LogP contribution in [0.5, 0.6) is 5.75 Å². The Morgan fingerprint density at radius 3 is 2.64 bits per heavy atom. The zero-order chi connectivity index (χ0) is 9.30. The topological polar surface area (TPSA) is 40.5 Å². The monoisotopic (exact) mass is 153 g/mol. The van der Waals surface area contributed by atoms with Crippen molar-refractivity contribution >= 4 is 0 Å². The normalized spacial score (nSPS) is 14.3. The fraction of sp³-hybridized carbons (Fsp3) is 0.333. The van der Waals surface area contributed by atoms with Gasteiger partial charge in [0.2, 0.25) is 0 Å². The van der Waals surface area contributed by atoms with E-state index in [9.17, 15) is 5.11 Å². The molecular formula is C9H12O2. The Balaban J connectivity index is 3.28. The lowest BCUT2D eigenvalue weighted by molar-refractivity contribution is 0.275. The van der Waals surface area contributed by atoms with E-state index < -0.39 is 6.58 Å². The molecule has 1 aromatic carbocycles. The summed E-state index contributed by atoms with van der Waals surface area (Å²) < 4.78 is 7.05. The Morgan fingerprint density at radius 2 is 2.09 bits per heavy atom. The van der Waals surface area contributed by atoms with Gasteiger partial charge in [0, 0.05) is 5.56 Å². The highest BCUT2D eigenvalue weighted by atomic mass is 16.3. The van der Waals surface area contributed by atoms with Gasteiger partial charge in [-0.05, 0) is 19.4 Å². The lowest BCUT2D eigenvalue weighted by Gasteiger charge is -2.05. The SMILES string of the molecule is [2H]C(O)c1cc(C)cc(C)c1O. The second-order valence-corrected chi connectivity index (χ2v) is 2.65. The van der Waals surface area contributed by atoms with Crippen LogP contribution in [0.15, 0.2) is 12.1 Å². The molecule has 2 heteroatoms. The summed E-state index contributed by atoms with van der Waals surface area (Å²) in [5.74, 6) is 0.0168. The smallest absolute Gasteiger partial charge is 0.124 e. The molecule has 0 radical (unpaired) electrons. The number of benzene rings is 1. The zero-order valence-corrected chi connectivity index (χ0v) is 6.63. The largest absolute Gasteiger partial charge is 0.507 e. The van der Waals surface area contributed by atoms with Crippen LogP contribution < -0.4 is 0 Å². The zero-order valence-electron chi connectivity index (χ0n) is 7.63. The molecule has 0 aliphatic rings. The van der Waals surface area contributed by atoms with E-state index in [1.165, 1.54) is 0 Å². The van der Waals surface area contributed by atoms with Gasteiger partial charge in [0.15, 0.2) is 0 Å². The molecule has 0 saturated carbocycles. The van der Waals surface area contributed by atoms with Gasteiger partial charge in [-0.2, -0.15) is 0 Å². The van der Waals surface area contributed by atoms with Crippen LogP contribution in [0.3, 0.4) is 0 Å². The summed E-state index contributed by atoms with van der Waals surface area (Å²) in [4.78, 5) is 0. The van der Waals surface area contributed by atoms with E-state index in [0.29, 0.717) is 5.56 Å². The van der Waals surface area contributed by atoms with E-state index in [-0.39, 0.29) is 11.3 Å². The van der Waals surface area contributed by atoms with Crippen molar-refractivity contribution in [3.05, 3.63) is 28.8 Å². The summed E-state index contributed by atoms with van der Waals surface area (Å²) in [6.07, 6.45) is 0. The van der Waals surface area contributed by atoms with Crippen LogP contribution in [0.25, 0.3) is 0 Å². The van der Waals surface area contributed by atoms with Crippen molar-refractivity contribution in [3.63, 3.8) is 0 Å². The van der Waals surface area contributed by atoms with Crippen LogP contribution in [0.4, 0.5) is 0 Å². The van der Waals surface area contributed by atoms with Crippen LogP contribution in [0.1, 0.15) is 18.1 Å². The maximum Gasteiger partial charge on any atom is 0.124 e. The van der Waals surface area contributed by atoms with Crippen molar-refractivity contribution < 1.29 is 11.6 Å². The standard InChI is InChI=1S/C9H12O2/c1-6-3-7(2)9(11)8(4-6)5-10/h3-4,10-11H,5H2,1-2H3/i5D. The maximum atomic E-state index is 9.41. The first-order chi connectivity index (χ1) is 5.52. The Hall–Kier alpha value is -1.02. The summed E-state index contributed by atoms with van der Waals surface area (Å²) in [5.41, 5.74) is 1.90. The number of phenols is 1. The fourth-order valence-corrected chi connectivity index (χ4v) is 1.09. The van der Waals surface area contributed by atoms with Gasteiger partial charge in [0.05, 0.1) is 7.95 Å². The minimum absolute atomic E-state index is 0.0168. The minimum Gasteiger partial charge on any atom is -0.507 e. The van der Waals surface area contributed by atoms with Gasteiger partial charge in [0.25, 0.3) is 0 Å². The van der Waals surface area contributed by atoms with E-state index in [1.54, 1.807) is 19.1 Å². The molecule has 0 fully saturated rings. The second kappa shape index (κ2) is 2.93. The van der Waals surface area contributed by atoms with Gasteiger partial charge in [-0.3, -0.25) is 0 Å². The summed E-state index contributed by atoms with van der Waals surface area (Å²) >= 11 is 0.